The maximum atomic E-state index is 12.4. The summed E-state index contributed by atoms with van der Waals surface area (Å²) >= 11 is 3.49. The van der Waals surface area contributed by atoms with E-state index >= 15 is 0 Å². The number of hydrogen-bond acceptors (Lipinski definition) is 2. The average molecular weight is 312 g/mol. The van der Waals surface area contributed by atoms with Crippen molar-refractivity contribution in [2.45, 2.75) is 19.8 Å². The number of halogens is 1. The highest BCUT2D eigenvalue weighted by Crippen LogP contribution is 2.22. The summed E-state index contributed by atoms with van der Waals surface area (Å²) in [6.07, 6.45) is 2.25. The van der Waals surface area contributed by atoms with Crippen LogP contribution in [0.25, 0.3) is 0 Å². The van der Waals surface area contributed by atoms with Crippen molar-refractivity contribution >= 4 is 21.8 Å². The second kappa shape index (κ2) is 5.74. The van der Waals surface area contributed by atoms with Crippen molar-refractivity contribution in [3.05, 3.63) is 29.3 Å². The Bertz CT molecular complexity index is 447. The minimum Gasteiger partial charge on any atom is -0.508 e. The smallest absolute Gasteiger partial charge is 0.253 e. The first-order valence-electron chi connectivity index (χ1n) is 6.26. The van der Waals surface area contributed by atoms with Crippen LogP contribution in [0.3, 0.4) is 0 Å². The van der Waals surface area contributed by atoms with Gasteiger partial charge in [-0.3, -0.25) is 4.79 Å². The zero-order valence-corrected chi connectivity index (χ0v) is 12.1. The third-order valence-electron chi connectivity index (χ3n) is 3.47. The Hall–Kier alpha value is -1.03. The number of carbonyl (C=O) groups excluding carboxylic acids is 1. The van der Waals surface area contributed by atoms with Crippen LogP contribution in [0.5, 0.6) is 5.75 Å². The van der Waals surface area contributed by atoms with Crippen molar-refractivity contribution in [3.8, 4) is 5.75 Å². The van der Waals surface area contributed by atoms with Crippen molar-refractivity contribution < 1.29 is 9.90 Å². The van der Waals surface area contributed by atoms with Crippen LogP contribution in [0.4, 0.5) is 0 Å². The van der Waals surface area contributed by atoms with Gasteiger partial charge < -0.3 is 10.0 Å². The van der Waals surface area contributed by atoms with Crippen LogP contribution in [-0.2, 0) is 0 Å². The number of aryl methyl sites for hydroxylation is 1. The SMILES string of the molecule is Cc1cc(C(=O)N2CCCC(CBr)C2)ccc1O. The van der Waals surface area contributed by atoms with E-state index in [2.05, 4.69) is 15.9 Å². The summed E-state index contributed by atoms with van der Waals surface area (Å²) in [5.74, 6) is 0.869. The summed E-state index contributed by atoms with van der Waals surface area (Å²) in [4.78, 5) is 14.3. The van der Waals surface area contributed by atoms with Crippen molar-refractivity contribution in [2.75, 3.05) is 18.4 Å². The van der Waals surface area contributed by atoms with Gasteiger partial charge in [0.1, 0.15) is 5.75 Å². The highest BCUT2D eigenvalue weighted by molar-refractivity contribution is 9.09. The molecule has 1 heterocycles. The fourth-order valence-corrected chi connectivity index (χ4v) is 2.88. The molecule has 1 aliphatic rings. The second-order valence-corrected chi connectivity index (χ2v) is 5.56. The average Bonchev–Trinajstić information content (AvgIpc) is 2.41. The molecule has 1 aromatic rings. The largest absolute Gasteiger partial charge is 0.508 e. The summed E-state index contributed by atoms with van der Waals surface area (Å²) in [6, 6.07) is 5.05. The quantitative estimate of drug-likeness (QED) is 0.853. The second-order valence-electron chi connectivity index (χ2n) is 4.91. The Kier molecular flexibility index (Phi) is 4.27. The highest BCUT2D eigenvalue weighted by Gasteiger charge is 2.23. The zero-order chi connectivity index (χ0) is 13.1. The molecule has 3 nitrogen and oxygen atoms in total. The van der Waals surface area contributed by atoms with Crippen molar-refractivity contribution in [1.82, 2.24) is 4.90 Å². The lowest BCUT2D eigenvalue weighted by Crippen LogP contribution is -2.40. The summed E-state index contributed by atoms with van der Waals surface area (Å²) in [7, 11) is 0. The number of benzene rings is 1. The Morgan fingerprint density at radius 3 is 3.00 bits per heavy atom. The monoisotopic (exact) mass is 311 g/mol. The first kappa shape index (κ1) is 13.4. The van der Waals surface area contributed by atoms with Gasteiger partial charge >= 0.3 is 0 Å². The van der Waals surface area contributed by atoms with Crippen LogP contribution in [-0.4, -0.2) is 34.3 Å². The van der Waals surface area contributed by atoms with Gasteiger partial charge in [0.25, 0.3) is 5.91 Å². The van der Waals surface area contributed by atoms with Gasteiger partial charge in [0.05, 0.1) is 0 Å². The van der Waals surface area contributed by atoms with Gasteiger partial charge in [-0.05, 0) is 49.4 Å². The minimum absolute atomic E-state index is 0.0729. The van der Waals surface area contributed by atoms with Crippen molar-refractivity contribution in [2.24, 2.45) is 5.92 Å². The predicted octanol–water partition coefficient (Wildman–Crippen LogP) is 2.95. The van der Waals surface area contributed by atoms with E-state index in [-0.39, 0.29) is 11.7 Å². The zero-order valence-electron chi connectivity index (χ0n) is 10.5. The molecule has 4 heteroatoms. The number of amides is 1. The summed E-state index contributed by atoms with van der Waals surface area (Å²) in [6.45, 7) is 3.47. The Balaban J connectivity index is 2.12. The molecule has 0 saturated carbocycles. The fraction of sp³-hybridized carbons (Fsp3) is 0.500. The summed E-state index contributed by atoms with van der Waals surface area (Å²) in [5, 5.41) is 10.4. The number of aromatic hydroxyl groups is 1. The summed E-state index contributed by atoms with van der Waals surface area (Å²) < 4.78 is 0. The third kappa shape index (κ3) is 2.86. The van der Waals surface area contributed by atoms with Gasteiger partial charge in [-0.25, -0.2) is 0 Å². The molecule has 1 aromatic carbocycles. The standard InChI is InChI=1S/C14H18BrNO2/c1-10-7-12(4-5-13(10)17)14(18)16-6-2-3-11(8-15)9-16/h4-5,7,11,17H,2-3,6,8-9H2,1H3. The number of carbonyl (C=O) groups is 1. The maximum Gasteiger partial charge on any atom is 0.253 e. The third-order valence-corrected chi connectivity index (χ3v) is 4.38. The van der Waals surface area contributed by atoms with Crippen LogP contribution < -0.4 is 0 Å². The van der Waals surface area contributed by atoms with E-state index in [1.54, 1.807) is 18.2 Å². The molecular weight excluding hydrogens is 294 g/mol. The minimum atomic E-state index is 0.0729. The maximum absolute atomic E-state index is 12.4. The highest BCUT2D eigenvalue weighted by atomic mass is 79.9. The van der Waals surface area contributed by atoms with E-state index < -0.39 is 0 Å². The van der Waals surface area contributed by atoms with Crippen LogP contribution in [0.2, 0.25) is 0 Å². The van der Waals surface area contributed by atoms with E-state index in [1.807, 2.05) is 11.8 Å². The Morgan fingerprint density at radius 1 is 1.56 bits per heavy atom. The first-order chi connectivity index (χ1) is 8.61. The molecule has 98 valence electrons. The molecule has 2 rings (SSSR count). The molecule has 0 radical (unpaired) electrons. The molecule has 1 N–H and O–H groups in total. The van der Waals surface area contributed by atoms with Gasteiger partial charge in [0.2, 0.25) is 0 Å². The lowest BCUT2D eigenvalue weighted by molar-refractivity contribution is 0.0686. The number of hydrogen-bond donors (Lipinski definition) is 1. The lowest BCUT2D eigenvalue weighted by atomic mass is 9.99. The summed E-state index contributed by atoms with van der Waals surface area (Å²) in [5.41, 5.74) is 1.41. The molecule has 1 saturated heterocycles. The molecular formula is C14H18BrNO2. The molecule has 0 aliphatic carbocycles. The van der Waals surface area contributed by atoms with Crippen LogP contribution in [0, 0.1) is 12.8 Å². The van der Waals surface area contributed by atoms with E-state index in [9.17, 15) is 9.90 Å². The number of phenols is 1. The topological polar surface area (TPSA) is 40.5 Å². The first-order valence-corrected chi connectivity index (χ1v) is 7.39. The normalized spacial score (nSPS) is 19.9. The van der Waals surface area contributed by atoms with Crippen LogP contribution >= 0.6 is 15.9 Å². The Labute approximate surface area is 116 Å². The molecule has 1 aliphatic heterocycles. The van der Waals surface area contributed by atoms with Gasteiger partial charge in [-0.2, -0.15) is 0 Å². The molecule has 1 fully saturated rings. The van der Waals surface area contributed by atoms with Gasteiger partial charge in [0.15, 0.2) is 0 Å². The van der Waals surface area contributed by atoms with Gasteiger partial charge in [-0.15, -0.1) is 0 Å². The van der Waals surface area contributed by atoms with Gasteiger partial charge in [0, 0.05) is 24.0 Å². The number of nitrogens with zero attached hydrogens (tertiary/aromatic N) is 1. The molecule has 1 atom stereocenters. The van der Waals surface area contributed by atoms with E-state index in [0.717, 1.165) is 30.4 Å². The van der Waals surface area contributed by atoms with Crippen molar-refractivity contribution in [3.63, 3.8) is 0 Å². The Morgan fingerprint density at radius 2 is 2.33 bits per heavy atom. The van der Waals surface area contributed by atoms with Crippen molar-refractivity contribution in [1.29, 1.82) is 0 Å². The van der Waals surface area contributed by atoms with E-state index in [0.29, 0.717) is 11.5 Å². The number of piperidine rings is 1. The fourth-order valence-electron chi connectivity index (χ4n) is 2.35. The number of phenolic OH excluding ortho intramolecular Hbond substituents is 1. The molecule has 0 aromatic heterocycles. The lowest BCUT2D eigenvalue weighted by Gasteiger charge is -2.32. The number of alkyl halides is 1. The molecule has 0 bridgehead atoms. The molecule has 1 unspecified atom stereocenters. The predicted molar refractivity (Wildman–Crippen MR) is 75.3 cm³/mol. The van der Waals surface area contributed by atoms with E-state index in [1.165, 1.54) is 6.42 Å². The molecule has 0 spiro atoms. The molecule has 18 heavy (non-hydrogen) atoms. The van der Waals surface area contributed by atoms with Crippen LogP contribution in [0.1, 0.15) is 28.8 Å². The molecule has 1 amide bonds. The van der Waals surface area contributed by atoms with Gasteiger partial charge in [-0.1, -0.05) is 15.9 Å². The number of likely N-dealkylation sites (tertiary alicyclic amines) is 1. The van der Waals surface area contributed by atoms with E-state index in [4.69, 9.17) is 0 Å². The number of rotatable bonds is 2. The van der Waals surface area contributed by atoms with Crippen LogP contribution in [0.15, 0.2) is 18.2 Å².